The van der Waals surface area contributed by atoms with Crippen molar-refractivity contribution in [3.63, 3.8) is 0 Å². The van der Waals surface area contributed by atoms with Gasteiger partial charge >= 0.3 is 5.97 Å². The lowest BCUT2D eigenvalue weighted by atomic mass is 9.85. The van der Waals surface area contributed by atoms with E-state index < -0.39 is 5.97 Å². The van der Waals surface area contributed by atoms with E-state index in [1.54, 1.807) is 48.5 Å². The third-order valence-corrected chi connectivity index (χ3v) is 5.40. The molecule has 0 unspecified atom stereocenters. The molecule has 1 aliphatic carbocycles. The Kier molecular flexibility index (Phi) is 4.66. The molecular formula is C21H16BrNO4. The summed E-state index contributed by atoms with van der Waals surface area (Å²) in [6.07, 6.45) is 5.08. The lowest BCUT2D eigenvalue weighted by Gasteiger charge is -2.15. The van der Waals surface area contributed by atoms with Crippen molar-refractivity contribution in [2.75, 3.05) is 4.90 Å². The Bertz CT molecular complexity index is 925. The van der Waals surface area contributed by atoms with Gasteiger partial charge in [-0.1, -0.05) is 34.1 Å². The number of hydrogen-bond donors (Lipinski definition) is 0. The average Bonchev–Trinajstić information content (AvgIpc) is 2.93. The molecular weight excluding hydrogens is 410 g/mol. The summed E-state index contributed by atoms with van der Waals surface area (Å²) in [7, 11) is 0. The van der Waals surface area contributed by atoms with Crippen molar-refractivity contribution in [3.05, 3.63) is 70.7 Å². The first kappa shape index (κ1) is 17.7. The van der Waals surface area contributed by atoms with Crippen molar-refractivity contribution in [3.8, 4) is 5.75 Å². The summed E-state index contributed by atoms with van der Waals surface area (Å²) in [5.41, 5.74) is 0.842. The number of halogens is 1. The second-order valence-electron chi connectivity index (χ2n) is 6.56. The van der Waals surface area contributed by atoms with Crippen molar-refractivity contribution < 1.29 is 19.1 Å². The number of amides is 2. The molecule has 0 N–H and O–H groups in total. The Morgan fingerprint density at radius 3 is 2.22 bits per heavy atom. The number of esters is 1. The van der Waals surface area contributed by atoms with Crippen LogP contribution in [-0.2, 0) is 9.59 Å². The Morgan fingerprint density at radius 2 is 1.59 bits per heavy atom. The van der Waals surface area contributed by atoms with E-state index in [2.05, 4.69) is 15.9 Å². The largest absolute Gasteiger partial charge is 0.423 e. The molecule has 136 valence electrons. The quantitative estimate of drug-likeness (QED) is 0.321. The number of imide groups is 1. The third kappa shape index (κ3) is 3.32. The van der Waals surface area contributed by atoms with E-state index in [0.29, 0.717) is 24.1 Å². The second kappa shape index (κ2) is 7.12. The zero-order chi connectivity index (χ0) is 19.0. The first-order chi connectivity index (χ1) is 13.0. The normalized spacial score (nSPS) is 21.3. The minimum atomic E-state index is -0.503. The summed E-state index contributed by atoms with van der Waals surface area (Å²) in [6.45, 7) is 0. The SMILES string of the molecule is O=C(Oc1cccc(N2C(=O)[C@H]3CC=CC[C@H]3C2=O)c1)c1ccc(Br)cc1. The number of carbonyl (C=O) groups excluding carboxylic acids is 3. The van der Waals surface area contributed by atoms with Gasteiger partial charge in [0.05, 0.1) is 23.1 Å². The highest BCUT2D eigenvalue weighted by Crippen LogP contribution is 2.38. The molecule has 2 atom stereocenters. The van der Waals surface area contributed by atoms with E-state index in [0.717, 1.165) is 4.47 Å². The second-order valence-corrected chi connectivity index (χ2v) is 7.48. The average molecular weight is 426 g/mol. The van der Waals surface area contributed by atoms with Crippen molar-refractivity contribution in [2.24, 2.45) is 11.8 Å². The highest BCUT2D eigenvalue weighted by Gasteiger charge is 2.47. The summed E-state index contributed by atoms with van der Waals surface area (Å²) in [4.78, 5) is 38.9. The molecule has 2 aliphatic rings. The van der Waals surface area contributed by atoms with E-state index in [1.165, 1.54) is 4.90 Å². The summed E-state index contributed by atoms with van der Waals surface area (Å²) >= 11 is 3.32. The van der Waals surface area contributed by atoms with Gasteiger partial charge < -0.3 is 4.74 Å². The molecule has 27 heavy (non-hydrogen) atoms. The third-order valence-electron chi connectivity index (χ3n) is 4.87. The van der Waals surface area contributed by atoms with Gasteiger partial charge in [-0.3, -0.25) is 9.59 Å². The lowest BCUT2D eigenvalue weighted by Crippen LogP contribution is -2.30. The molecule has 0 spiro atoms. The van der Waals surface area contributed by atoms with Crippen LogP contribution in [0.15, 0.2) is 65.2 Å². The van der Waals surface area contributed by atoms with Crippen LogP contribution >= 0.6 is 15.9 Å². The van der Waals surface area contributed by atoms with E-state index in [1.807, 2.05) is 12.2 Å². The van der Waals surface area contributed by atoms with Crippen molar-refractivity contribution >= 4 is 39.4 Å². The highest BCUT2D eigenvalue weighted by molar-refractivity contribution is 9.10. The number of allylic oxidation sites excluding steroid dienone is 2. The molecule has 0 saturated carbocycles. The molecule has 4 rings (SSSR count). The number of nitrogens with zero attached hydrogens (tertiary/aromatic N) is 1. The van der Waals surface area contributed by atoms with Crippen molar-refractivity contribution in [1.29, 1.82) is 0 Å². The van der Waals surface area contributed by atoms with Crippen molar-refractivity contribution in [1.82, 2.24) is 0 Å². The molecule has 0 aromatic heterocycles. The molecule has 0 radical (unpaired) electrons. The van der Waals surface area contributed by atoms with E-state index in [-0.39, 0.29) is 29.4 Å². The van der Waals surface area contributed by atoms with E-state index >= 15 is 0 Å². The number of ether oxygens (including phenoxy) is 1. The maximum absolute atomic E-state index is 12.7. The molecule has 5 nitrogen and oxygen atoms in total. The van der Waals surface area contributed by atoms with Crippen LogP contribution in [0.4, 0.5) is 5.69 Å². The van der Waals surface area contributed by atoms with Crippen LogP contribution in [-0.4, -0.2) is 17.8 Å². The number of benzene rings is 2. The van der Waals surface area contributed by atoms with Crippen LogP contribution < -0.4 is 9.64 Å². The zero-order valence-corrected chi connectivity index (χ0v) is 15.9. The number of anilines is 1. The predicted octanol–water partition coefficient (Wildman–Crippen LogP) is 4.12. The van der Waals surface area contributed by atoms with Crippen LogP contribution in [0.25, 0.3) is 0 Å². The van der Waals surface area contributed by atoms with Crippen molar-refractivity contribution in [2.45, 2.75) is 12.8 Å². The molecule has 1 saturated heterocycles. The fraction of sp³-hybridized carbons (Fsp3) is 0.190. The Balaban J connectivity index is 1.56. The van der Waals surface area contributed by atoms with Gasteiger partial charge in [-0.2, -0.15) is 0 Å². The number of fused-ring (bicyclic) bond motifs is 1. The van der Waals surface area contributed by atoms with Gasteiger partial charge in [0.25, 0.3) is 0 Å². The summed E-state index contributed by atoms with van der Waals surface area (Å²) < 4.78 is 6.28. The molecule has 1 aliphatic heterocycles. The molecule has 2 amide bonds. The van der Waals surface area contributed by atoms with Gasteiger partial charge in [-0.25, -0.2) is 9.69 Å². The van der Waals surface area contributed by atoms with Crippen LogP contribution in [0.3, 0.4) is 0 Å². The van der Waals surface area contributed by atoms with Crippen LogP contribution in [0.5, 0.6) is 5.75 Å². The fourth-order valence-corrected chi connectivity index (χ4v) is 3.76. The Morgan fingerprint density at radius 1 is 0.963 bits per heavy atom. The molecule has 6 heteroatoms. The molecule has 1 fully saturated rings. The molecule has 2 aromatic rings. The summed E-state index contributed by atoms with van der Waals surface area (Å²) in [6, 6.07) is 13.3. The van der Waals surface area contributed by atoms with Gasteiger partial charge in [0.15, 0.2) is 0 Å². The minimum absolute atomic E-state index is 0.189. The standard InChI is InChI=1S/C21H16BrNO4/c22-14-10-8-13(9-11-14)21(26)27-16-5-3-4-15(12-16)23-19(24)17-6-1-2-7-18(17)20(23)25/h1-5,8-12,17-18H,6-7H2/t17-,18+. The lowest BCUT2D eigenvalue weighted by molar-refractivity contribution is -0.122. The summed E-state index contributed by atoms with van der Waals surface area (Å²) in [5.74, 6) is -1.19. The molecule has 2 aromatic carbocycles. The van der Waals surface area contributed by atoms with Gasteiger partial charge in [0.2, 0.25) is 11.8 Å². The summed E-state index contributed by atoms with van der Waals surface area (Å²) in [5, 5.41) is 0. The maximum atomic E-state index is 12.7. The minimum Gasteiger partial charge on any atom is -0.423 e. The Labute approximate surface area is 164 Å². The number of carbonyl (C=O) groups is 3. The van der Waals surface area contributed by atoms with Crippen LogP contribution in [0.1, 0.15) is 23.2 Å². The maximum Gasteiger partial charge on any atom is 0.343 e. The number of rotatable bonds is 3. The Hall–Kier alpha value is -2.73. The predicted molar refractivity (Wildman–Crippen MR) is 103 cm³/mol. The van der Waals surface area contributed by atoms with Gasteiger partial charge in [-0.05, 0) is 49.2 Å². The van der Waals surface area contributed by atoms with Gasteiger partial charge in [-0.15, -0.1) is 0 Å². The first-order valence-corrected chi connectivity index (χ1v) is 9.44. The smallest absolute Gasteiger partial charge is 0.343 e. The topological polar surface area (TPSA) is 63.7 Å². The fourth-order valence-electron chi connectivity index (χ4n) is 3.49. The van der Waals surface area contributed by atoms with Crippen LogP contribution in [0.2, 0.25) is 0 Å². The van der Waals surface area contributed by atoms with Gasteiger partial charge in [0.1, 0.15) is 5.75 Å². The zero-order valence-electron chi connectivity index (χ0n) is 14.3. The monoisotopic (exact) mass is 425 g/mol. The van der Waals surface area contributed by atoms with Crippen LogP contribution in [0, 0.1) is 11.8 Å². The highest BCUT2D eigenvalue weighted by atomic mass is 79.9. The van der Waals surface area contributed by atoms with E-state index in [9.17, 15) is 14.4 Å². The first-order valence-electron chi connectivity index (χ1n) is 8.65. The van der Waals surface area contributed by atoms with E-state index in [4.69, 9.17) is 4.74 Å². The molecule has 0 bridgehead atoms. The van der Waals surface area contributed by atoms with Gasteiger partial charge in [0, 0.05) is 10.5 Å². The number of hydrogen-bond acceptors (Lipinski definition) is 4. The molecule has 1 heterocycles.